The second-order valence-electron chi connectivity index (χ2n) is 7.76. The second kappa shape index (κ2) is 8.04. The first kappa shape index (κ1) is 17.3. The molecule has 2 aliphatic rings. The summed E-state index contributed by atoms with van der Waals surface area (Å²) in [6.45, 7) is 6.57. The van der Waals surface area contributed by atoms with Crippen LogP contribution in [0.5, 0.6) is 0 Å². The van der Waals surface area contributed by atoms with E-state index in [0.717, 1.165) is 18.8 Å². The summed E-state index contributed by atoms with van der Waals surface area (Å²) < 4.78 is 0. The van der Waals surface area contributed by atoms with E-state index in [1.54, 1.807) is 0 Å². The first-order chi connectivity index (χ1) is 11.6. The van der Waals surface area contributed by atoms with Gasteiger partial charge in [0.15, 0.2) is 0 Å². The van der Waals surface area contributed by atoms with Crippen molar-refractivity contribution in [1.82, 2.24) is 0 Å². The zero-order valence-electron chi connectivity index (χ0n) is 15.4. The Balaban J connectivity index is 1.68. The Kier molecular flexibility index (Phi) is 5.80. The predicted octanol–water partition coefficient (Wildman–Crippen LogP) is 5.20. The van der Waals surface area contributed by atoms with Crippen LogP contribution in [0.4, 0.5) is 11.4 Å². The van der Waals surface area contributed by atoms with E-state index in [9.17, 15) is 4.79 Å². The molecule has 1 heterocycles. The molecule has 1 saturated carbocycles. The van der Waals surface area contributed by atoms with Gasteiger partial charge in [0.2, 0.25) is 5.91 Å². The van der Waals surface area contributed by atoms with Gasteiger partial charge in [0.05, 0.1) is 0 Å². The lowest BCUT2D eigenvalue weighted by atomic mass is 10.0. The highest BCUT2D eigenvalue weighted by Crippen LogP contribution is 2.31. The van der Waals surface area contributed by atoms with Gasteiger partial charge in [-0.2, -0.15) is 0 Å². The number of benzene rings is 1. The van der Waals surface area contributed by atoms with Gasteiger partial charge >= 0.3 is 0 Å². The van der Waals surface area contributed by atoms with Gasteiger partial charge in [-0.25, -0.2) is 0 Å². The summed E-state index contributed by atoms with van der Waals surface area (Å²) in [6, 6.07) is 4.51. The lowest BCUT2D eigenvalue weighted by molar-refractivity contribution is -0.117. The van der Waals surface area contributed by atoms with Crippen molar-refractivity contribution in [2.45, 2.75) is 71.6 Å². The van der Waals surface area contributed by atoms with E-state index in [4.69, 9.17) is 0 Å². The lowest BCUT2D eigenvalue weighted by Crippen LogP contribution is -2.24. The molecule has 1 N–H and O–H groups in total. The van der Waals surface area contributed by atoms with Crippen molar-refractivity contribution >= 4 is 17.3 Å². The monoisotopic (exact) mass is 328 g/mol. The quantitative estimate of drug-likeness (QED) is 0.823. The molecule has 0 aromatic heterocycles. The highest BCUT2D eigenvalue weighted by Gasteiger charge is 2.20. The number of rotatable bonds is 4. The summed E-state index contributed by atoms with van der Waals surface area (Å²) in [5, 5.41) is 3.19. The molecule has 0 spiro atoms. The Hall–Kier alpha value is -1.51. The van der Waals surface area contributed by atoms with Crippen LogP contribution in [-0.4, -0.2) is 19.0 Å². The summed E-state index contributed by atoms with van der Waals surface area (Å²) in [5.41, 5.74) is 4.72. The van der Waals surface area contributed by atoms with Crippen LogP contribution in [0.2, 0.25) is 0 Å². The minimum absolute atomic E-state index is 0.190. The molecule has 1 aliphatic heterocycles. The predicted molar refractivity (Wildman–Crippen MR) is 102 cm³/mol. The highest BCUT2D eigenvalue weighted by atomic mass is 16.1. The summed E-state index contributed by atoms with van der Waals surface area (Å²) in [5.74, 6) is 0.789. The van der Waals surface area contributed by atoms with Gasteiger partial charge < -0.3 is 10.2 Å². The van der Waals surface area contributed by atoms with Crippen LogP contribution in [0.15, 0.2) is 12.1 Å². The third-order valence-electron chi connectivity index (χ3n) is 5.70. The molecule has 0 radical (unpaired) electrons. The number of carbonyl (C=O) groups is 1. The molecule has 132 valence electrons. The molecule has 2 fully saturated rings. The van der Waals surface area contributed by atoms with Gasteiger partial charge in [-0.15, -0.1) is 0 Å². The zero-order chi connectivity index (χ0) is 16.9. The molecule has 1 saturated heterocycles. The van der Waals surface area contributed by atoms with Crippen molar-refractivity contribution in [3.63, 3.8) is 0 Å². The minimum atomic E-state index is 0.190. The maximum absolute atomic E-state index is 12.4. The first-order valence-corrected chi connectivity index (χ1v) is 9.79. The smallest absolute Gasteiger partial charge is 0.224 e. The third-order valence-corrected chi connectivity index (χ3v) is 5.70. The van der Waals surface area contributed by atoms with Gasteiger partial charge in [-0.1, -0.05) is 25.7 Å². The van der Waals surface area contributed by atoms with E-state index in [0.29, 0.717) is 12.3 Å². The van der Waals surface area contributed by atoms with E-state index in [2.05, 4.69) is 36.2 Å². The molecule has 0 atom stereocenters. The third kappa shape index (κ3) is 4.31. The molecule has 1 amide bonds. The van der Waals surface area contributed by atoms with E-state index in [1.165, 1.54) is 68.2 Å². The van der Waals surface area contributed by atoms with Crippen molar-refractivity contribution in [1.29, 1.82) is 0 Å². The number of hydrogen-bond acceptors (Lipinski definition) is 2. The molecule has 3 rings (SSSR count). The Morgan fingerprint density at radius 3 is 2.17 bits per heavy atom. The van der Waals surface area contributed by atoms with Crippen molar-refractivity contribution < 1.29 is 4.79 Å². The summed E-state index contributed by atoms with van der Waals surface area (Å²) >= 11 is 0. The van der Waals surface area contributed by atoms with Crippen LogP contribution in [-0.2, 0) is 4.79 Å². The number of anilines is 2. The molecule has 1 aromatic rings. The van der Waals surface area contributed by atoms with E-state index in [1.807, 2.05) is 0 Å². The van der Waals surface area contributed by atoms with Gasteiger partial charge in [0, 0.05) is 30.9 Å². The Morgan fingerprint density at radius 1 is 1.00 bits per heavy atom. The normalized spacial score (nSPS) is 19.3. The summed E-state index contributed by atoms with van der Waals surface area (Å²) in [6.07, 6.45) is 11.0. The van der Waals surface area contributed by atoms with Crippen molar-refractivity contribution in [3.05, 3.63) is 23.3 Å². The fraction of sp³-hybridized carbons (Fsp3) is 0.667. The van der Waals surface area contributed by atoms with Crippen molar-refractivity contribution in [3.8, 4) is 0 Å². The number of nitrogens with one attached hydrogen (secondary N) is 1. The van der Waals surface area contributed by atoms with E-state index >= 15 is 0 Å². The molecule has 0 unspecified atom stereocenters. The lowest BCUT2D eigenvalue weighted by Gasteiger charge is -2.25. The minimum Gasteiger partial charge on any atom is -0.372 e. The molecule has 1 aliphatic carbocycles. The van der Waals surface area contributed by atoms with Crippen LogP contribution in [0, 0.1) is 19.8 Å². The van der Waals surface area contributed by atoms with Gasteiger partial charge in [0.1, 0.15) is 0 Å². The number of nitrogens with zero attached hydrogens (tertiary/aromatic N) is 1. The van der Waals surface area contributed by atoms with Gasteiger partial charge in [-0.05, 0) is 68.7 Å². The van der Waals surface area contributed by atoms with Gasteiger partial charge in [0.25, 0.3) is 0 Å². The van der Waals surface area contributed by atoms with E-state index in [-0.39, 0.29) is 5.91 Å². The molecule has 3 nitrogen and oxygen atoms in total. The SMILES string of the molecule is Cc1cc(N2CCCCCC2)cc(C)c1NC(=O)CC1CCCC1. The largest absolute Gasteiger partial charge is 0.372 e. The number of carbonyl (C=O) groups excluding carboxylic acids is 1. The summed E-state index contributed by atoms with van der Waals surface area (Å²) in [4.78, 5) is 14.9. The molecular formula is C21H32N2O. The average molecular weight is 329 g/mol. The number of hydrogen-bond donors (Lipinski definition) is 1. The van der Waals surface area contributed by atoms with E-state index < -0.39 is 0 Å². The second-order valence-corrected chi connectivity index (χ2v) is 7.76. The van der Waals surface area contributed by atoms with Crippen LogP contribution in [0.3, 0.4) is 0 Å². The maximum atomic E-state index is 12.4. The van der Waals surface area contributed by atoms with Gasteiger partial charge in [-0.3, -0.25) is 4.79 Å². The van der Waals surface area contributed by atoms with Crippen molar-refractivity contribution in [2.24, 2.45) is 5.92 Å². The molecule has 0 bridgehead atoms. The summed E-state index contributed by atoms with van der Waals surface area (Å²) in [7, 11) is 0. The standard InChI is InChI=1S/C21H32N2O/c1-16-13-19(23-11-7-3-4-8-12-23)14-17(2)21(16)22-20(24)15-18-9-5-6-10-18/h13-14,18H,3-12,15H2,1-2H3,(H,22,24). The van der Waals surface area contributed by atoms with Crippen LogP contribution < -0.4 is 10.2 Å². The molecule has 1 aromatic carbocycles. The molecular weight excluding hydrogens is 296 g/mol. The fourth-order valence-corrected chi connectivity index (χ4v) is 4.32. The number of aryl methyl sites for hydroxylation is 2. The Bertz CT molecular complexity index is 544. The fourth-order valence-electron chi connectivity index (χ4n) is 4.32. The van der Waals surface area contributed by atoms with Crippen molar-refractivity contribution in [2.75, 3.05) is 23.3 Å². The van der Waals surface area contributed by atoms with Crippen LogP contribution >= 0.6 is 0 Å². The Labute approximate surface area is 146 Å². The molecule has 24 heavy (non-hydrogen) atoms. The molecule has 3 heteroatoms. The maximum Gasteiger partial charge on any atom is 0.224 e. The zero-order valence-corrected chi connectivity index (χ0v) is 15.4. The number of amides is 1. The van der Waals surface area contributed by atoms with Crippen LogP contribution in [0.25, 0.3) is 0 Å². The average Bonchev–Trinajstić information content (AvgIpc) is 2.90. The Morgan fingerprint density at radius 2 is 1.58 bits per heavy atom. The topological polar surface area (TPSA) is 32.3 Å². The van der Waals surface area contributed by atoms with Crippen LogP contribution in [0.1, 0.15) is 68.9 Å². The highest BCUT2D eigenvalue weighted by molar-refractivity contribution is 5.93. The first-order valence-electron chi connectivity index (χ1n) is 9.79.